The van der Waals surface area contributed by atoms with Gasteiger partial charge in [-0.1, -0.05) is 0 Å². The van der Waals surface area contributed by atoms with Crippen LogP contribution < -0.4 is 4.74 Å². The first-order valence-electron chi connectivity index (χ1n) is 7.77. The van der Waals surface area contributed by atoms with Crippen molar-refractivity contribution in [1.29, 1.82) is 0 Å². The van der Waals surface area contributed by atoms with Crippen LogP contribution in [-0.4, -0.2) is 36.8 Å². The van der Waals surface area contributed by atoms with Crippen molar-refractivity contribution in [3.63, 3.8) is 0 Å². The maximum absolute atomic E-state index is 12.8. The number of fused-ring (bicyclic) bond motifs is 3. The number of H-pyrrole nitrogens is 2. The van der Waals surface area contributed by atoms with Crippen LogP contribution in [0, 0.1) is 13.8 Å². The number of hydrogen-bond donors (Lipinski definition) is 2. The molecule has 0 bridgehead atoms. The molecule has 0 aliphatic carbocycles. The van der Waals surface area contributed by atoms with Crippen molar-refractivity contribution in [1.82, 2.24) is 25.1 Å². The van der Waals surface area contributed by atoms with E-state index in [1.807, 2.05) is 26.0 Å². The number of imidazole rings is 1. The minimum atomic E-state index is -1.34. The molecule has 1 atom stereocenters. The monoisotopic (exact) mass is 355 g/mol. The molecule has 4 rings (SSSR count). The van der Waals surface area contributed by atoms with Crippen molar-refractivity contribution in [2.24, 2.45) is 0 Å². The zero-order chi connectivity index (χ0) is 17.6. The zero-order valence-corrected chi connectivity index (χ0v) is 14.9. The van der Waals surface area contributed by atoms with Crippen LogP contribution in [-0.2, 0) is 16.9 Å². The molecule has 0 saturated heterocycles. The second-order valence-electron chi connectivity index (χ2n) is 5.87. The highest BCUT2D eigenvalue weighted by atomic mass is 32.2. The van der Waals surface area contributed by atoms with E-state index in [4.69, 9.17) is 4.74 Å². The molecule has 0 spiro atoms. The van der Waals surface area contributed by atoms with Crippen molar-refractivity contribution in [2.75, 3.05) is 7.11 Å². The Bertz CT molecular complexity index is 1070. The molecule has 0 aliphatic heterocycles. The Morgan fingerprint density at radius 2 is 2.00 bits per heavy atom. The molecule has 1 unspecified atom stereocenters. The largest absolute Gasteiger partial charge is 0.609 e. The highest BCUT2D eigenvalue weighted by Gasteiger charge is 2.21. The third-order valence-corrected chi connectivity index (χ3v) is 5.44. The molecule has 0 amide bonds. The second kappa shape index (κ2) is 6.05. The van der Waals surface area contributed by atoms with Gasteiger partial charge in [0.05, 0.1) is 30.0 Å². The van der Waals surface area contributed by atoms with E-state index in [9.17, 15) is 4.55 Å². The number of aromatic amines is 2. The molecule has 3 heterocycles. The normalized spacial score (nSPS) is 12.8. The molecule has 0 aliphatic rings. The van der Waals surface area contributed by atoms with Gasteiger partial charge in [-0.15, -0.1) is 0 Å². The van der Waals surface area contributed by atoms with Crippen LogP contribution in [0.1, 0.15) is 16.8 Å². The van der Waals surface area contributed by atoms with Crippen LogP contribution in [0.15, 0.2) is 29.7 Å². The first-order valence-corrected chi connectivity index (χ1v) is 9.09. The maximum atomic E-state index is 12.8. The summed E-state index contributed by atoms with van der Waals surface area (Å²) in [5.74, 6) is 1.06. The molecule has 128 valence electrons. The number of benzene rings is 1. The lowest BCUT2D eigenvalue weighted by Crippen LogP contribution is -2.10. The maximum Gasteiger partial charge on any atom is 0.322 e. The van der Waals surface area contributed by atoms with Crippen molar-refractivity contribution in [2.45, 2.75) is 24.8 Å². The van der Waals surface area contributed by atoms with Gasteiger partial charge >= 0.3 is 5.16 Å². The minimum Gasteiger partial charge on any atom is -0.609 e. The van der Waals surface area contributed by atoms with E-state index in [2.05, 4.69) is 25.1 Å². The van der Waals surface area contributed by atoms with Gasteiger partial charge in [0.2, 0.25) is 0 Å². The summed E-state index contributed by atoms with van der Waals surface area (Å²) in [6.07, 6.45) is 3.47. The van der Waals surface area contributed by atoms with Gasteiger partial charge in [-0.05, 0) is 26.0 Å². The molecular formula is C17H17N5O2S. The molecule has 0 radical (unpaired) electrons. The Morgan fingerprint density at radius 1 is 1.20 bits per heavy atom. The fraction of sp³-hybridized carbons (Fsp3) is 0.235. The van der Waals surface area contributed by atoms with E-state index in [0.717, 1.165) is 44.5 Å². The van der Waals surface area contributed by atoms with Gasteiger partial charge in [0, 0.05) is 33.9 Å². The van der Waals surface area contributed by atoms with Crippen LogP contribution in [0.3, 0.4) is 0 Å². The number of aromatic nitrogens is 5. The number of methoxy groups -OCH3 is 1. The standard InChI is InChI=1S/C17H17N5O2S/c1-9-6-18-14(10(2)16(9)24-3)8-25(23)17-20-13-5-4-12-11(7-19-22-12)15(13)21-17/h4-7H,8H2,1-3H3,(H,19,22)(H,20,21). The smallest absolute Gasteiger partial charge is 0.322 e. The summed E-state index contributed by atoms with van der Waals surface area (Å²) in [6, 6.07) is 3.83. The SMILES string of the molecule is COc1c(C)cnc(C[S+]([O-])c2nc3c(ccc4[nH]ncc43)[nH]2)c1C. The molecule has 2 N–H and O–H groups in total. The van der Waals surface area contributed by atoms with Crippen LogP contribution in [0.5, 0.6) is 5.75 Å². The molecule has 0 saturated carbocycles. The number of aryl methyl sites for hydroxylation is 1. The van der Waals surface area contributed by atoms with Crippen molar-refractivity contribution >= 4 is 33.1 Å². The lowest BCUT2D eigenvalue weighted by atomic mass is 10.1. The quantitative estimate of drug-likeness (QED) is 0.548. The summed E-state index contributed by atoms with van der Waals surface area (Å²) in [5.41, 5.74) is 5.11. The molecule has 25 heavy (non-hydrogen) atoms. The summed E-state index contributed by atoms with van der Waals surface area (Å²) in [7, 11) is 1.63. The van der Waals surface area contributed by atoms with E-state index < -0.39 is 11.2 Å². The fourth-order valence-corrected chi connectivity index (χ4v) is 4.08. The summed E-state index contributed by atoms with van der Waals surface area (Å²) >= 11 is -1.34. The molecule has 7 nitrogen and oxygen atoms in total. The first kappa shape index (κ1) is 15.9. The van der Waals surface area contributed by atoms with Gasteiger partial charge in [-0.3, -0.25) is 15.1 Å². The number of nitrogens with zero attached hydrogens (tertiary/aromatic N) is 3. The van der Waals surface area contributed by atoms with E-state index in [-0.39, 0.29) is 5.75 Å². The minimum absolute atomic E-state index is 0.275. The first-order chi connectivity index (χ1) is 12.1. The Balaban J connectivity index is 1.69. The third kappa shape index (κ3) is 2.63. The Kier molecular flexibility index (Phi) is 3.85. The molecule has 3 aromatic heterocycles. The predicted molar refractivity (Wildman–Crippen MR) is 96.1 cm³/mol. The van der Waals surface area contributed by atoms with E-state index >= 15 is 0 Å². The van der Waals surface area contributed by atoms with E-state index in [0.29, 0.717) is 5.16 Å². The van der Waals surface area contributed by atoms with Crippen LogP contribution in [0.4, 0.5) is 0 Å². The number of hydrogen-bond acceptors (Lipinski definition) is 5. The van der Waals surface area contributed by atoms with Crippen LogP contribution in [0.25, 0.3) is 21.9 Å². The summed E-state index contributed by atoms with van der Waals surface area (Å²) < 4.78 is 18.2. The predicted octanol–water partition coefficient (Wildman–Crippen LogP) is 2.77. The zero-order valence-electron chi connectivity index (χ0n) is 14.1. The van der Waals surface area contributed by atoms with Gasteiger partial charge in [0.25, 0.3) is 0 Å². The van der Waals surface area contributed by atoms with Gasteiger partial charge in [0.15, 0.2) is 5.75 Å². The molecule has 8 heteroatoms. The highest BCUT2D eigenvalue weighted by molar-refractivity contribution is 7.90. The number of nitrogens with one attached hydrogen (secondary N) is 2. The van der Waals surface area contributed by atoms with Crippen molar-refractivity contribution in [3.8, 4) is 5.75 Å². The Labute approximate surface area is 147 Å². The lowest BCUT2D eigenvalue weighted by Gasteiger charge is -2.13. The average Bonchev–Trinajstić information content (AvgIpc) is 3.23. The number of pyridine rings is 1. The summed E-state index contributed by atoms with van der Waals surface area (Å²) in [4.78, 5) is 12.1. The third-order valence-electron chi connectivity index (χ3n) is 4.28. The average molecular weight is 355 g/mol. The van der Waals surface area contributed by atoms with E-state index in [1.165, 1.54) is 0 Å². The summed E-state index contributed by atoms with van der Waals surface area (Å²) in [5, 5.41) is 8.29. The van der Waals surface area contributed by atoms with Gasteiger partial charge in [0.1, 0.15) is 11.3 Å². The Hall–Kier alpha value is -2.58. The molecule has 4 aromatic rings. The van der Waals surface area contributed by atoms with Gasteiger partial charge < -0.3 is 9.29 Å². The van der Waals surface area contributed by atoms with Gasteiger partial charge in [-0.25, -0.2) is 0 Å². The van der Waals surface area contributed by atoms with Crippen LogP contribution >= 0.6 is 0 Å². The highest BCUT2D eigenvalue weighted by Crippen LogP contribution is 2.28. The topological polar surface area (TPSA) is 103 Å². The van der Waals surface area contributed by atoms with Crippen LogP contribution in [0.2, 0.25) is 0 Å². The Morgan fingerprint density at radius 3 is 2.80 bits per heavy atom. The number of rotatable bonds is 4. The van der Waals surface area contributed by atoms with E-state index in [1.54, 1.807) is 19.5 Å². The molecule has 0 fully saturated rings. The lowest BCUT2D eigenvalue weighted by molar-refractivity contribution is 0.407. The summed E-state index contributed by atoms with van der Waals surface area (Å²) in [6.45, 7) is 3.87. The molecule has 1 aromatic carbocycles. The van der Waals surface area contributed by atoms with Crippen molar-refractivity contribution < 1.29 is 9.29 Å². The second-order valence-corrected chi connectivity index (χ2v) is 7.24. The van der Waals surface area contributed by atoms with Crippen molar-refractivity contribution in [3.05, 3.63) is 41.3 Å². The number of ether oxygens (including phenoxy) is 1. The van der Waals surface area contributed by atoms with Gasteiger partial charge in [-0.2, -0.15) is 10.1 Å². The fourth-order valence-electron chi connectivity index (χ4n) is 2.99. The molecular weight excluding hydrogens is 338 g/mol.